The van der Waals surface area contributed by atoms with E-state index in [0.29, 0.717) is 0 Å². The number of hydrogen-bond acceptors (Lipinski definition) is 2. The molecule has 1 aromatic carbocycles. The van der Waals surface area contributed by atoms with Crippen LogP contribution in [-0.2, 0) is 0 Å². The van der Waals surface area contributed by atoms with Crippen LogP contribution in [0.15, 0.2) is 24.3 Å². The second-order valence-electron chi connectivity index (χ2n) is 3.17. The average Bonchev–Trinajstić information content (AvgIpc) is 2.14. The molecule has 0 spiro atoms. The minimum Gasteiger partial charge on any atom is -0.508 e. The third-order valence-corrected chi connectivity index (χ3v) is 2.13. The predicted octanol–water partition coefficient (Wildman–Crippen LogP) is 2.42. The van der Waals surface area contributed by atoms with Crippen molar-refractivity contribution in [3.05, 3.63) is 29.8 Å². The van der Waals surface area contributed by atoms with E-state index in [2.05, 4.69) is 0 Å². The molecule has 0 fully saturated rings. The van der Waals surface area contributed by atoms with Crippen LogP contribution in [0.5, 0.6) is 5.75 Å². The molecule has 0 saturated heterocycles. The molecule has 0 aromatic heterocycles. The number of aliphatic hydroxyl groups excluding tert-OH is 1. The van der Waals surface area contributed by atoms with Gasteiger partial charge in [-0.25, -0.2) is 0 Å². The normalized spacial score (nSPS) is 13.9. The fourth-order valence-corrected chi connectivity index (χ4v) is 1.41. The van der Waals surface area contributed by atoms with Crippen LogP contribution in [0.4, 0.5) is 13.2 Å². The average molecular weight is 220 g/mol. The molecule has 0 amide bonds. The van der Waals surface area contributed by atoms with Gasteiger partial charge in [0.15, 0.2) is 0 Å². The van der Waals surface area contributed by atoms with Gasteiger partial charge in [-0.05, 0) is 12.5 Å². The van der Waals surface area contributed by atoms with Crippen molar-refractivity contribution in [3.63, 3.8) is 0 Å². The molecule has 0 bridgehead atoms. The summed E-state index contributed by atoms with van der Waals surface area (Å²) in [5.41, 5.74) is -0.195. The number of benzene rings is 1. The second kappa shape index (κ2) is 4.53. The minimum absolute atomic E-state index is 0.195. The maximum Gasteiger partial charge on any atom is 0.395 e. The highest BCUT2D eigenvalue weighted by Gasteiger charge is 2.41. The smallest absolute Gasteiger partial charge is 0.395 e. The molecule has 0 radical (unpaired) electrons. The quantitative estimate of drug-likeness (QED) is 0.821. The Morgan fingerprint density at radius 2 is 1.80 bits per heavy atom. The van der Waals surface area contributed by atoms with E-state index in [4.69, 9.17) is 5.11 Å². The molecular weight excluding hydrogens is 209 g/mol. The number of para-hydroxylation sites is 1. The van der Waals surface area contributed by atoms with Gasteiger partial charge in [0.25, 0.3) is 0 Å². The fourth-order valence-electron chi connectivity index (χ4n) is 1.41. The fraction of sp³-hybridized carbons (Fsp3) is 0.400. The highest BCUT2D eigenvalue weighted by atomic mass is 19.4. The zero-order valence-electron chi connectivity index (χ0n) is 7.83. The summed E-state index contributed by atoms with van der Waals surface area (Å²) in [4.78, 5) is 0. The molecule has 15 heavy (non-hydrogen) atoms. The SMILES string of the molecule is OCCC(c1ccccc1O)C(F)(F)F. The molecular formula is C10H11F3O2. The topological polar surface area (TPSA) is 40.5 Å². The van der Waals surface area contributed by atoms with Gasteiger partial charge in [-0.2, -0.15) is 13.2 Å². The first-order valence-electron chi connectivity index (χ1n) is 4.42. The third-order valence-electron chi connectivity index (χ3n) is 2.13. The molecule has 0 aliphatic heterocycles. The van der Waals surface area contributed by atoms with Crippen LogP contribution in [0.25, 0.3) is 0 Å². The van der Waals surface area contributed by atoms with Crippen molar-refractivity contribution >= 4 is 0 Å². The van der Waals surface area contributed by atoms with E-state index in [-0.39, 0.29) is 5.56 Å². The molecule has 2 nitrogen and oxygen atoms in total. The van der Waals surface area contributed by atoms with Crippen molar-refractivity contribution in [1.29, 1.82) is 0 Å². The molecule has 0 saturated carbocycles. The zero-order chi connectivity index (χ0) is 11.5. The van der Waals surface area contributed by atoms with E-state index >= 15 is 0 Å². The third kappa shape index (κ3) is 2.86. The van der Waals surface area contributed by atoms with Crippen molar-refractivity contribution < 1.29 is 23.4 Å². The molecule has 0 heterocycles. The molecule has 1 unspecified atom stereocenters. The first kappa shape index (κ1) is 11.8. The van der Waals surface area contributed by atoms with Gasteiger partial charge in [-0.15, -0.1) is 0 Å². The first-order chi connectivity index (χ1) is 6.96. The Bertz CT molecular complexity index is 323. The van der Waals surface area contributed by atoms with E-state index in [9.17, 15) is 18.3 Å². The highest BCUT2D eigenvalue weighted by molar-refractivity contribution is 5.35. The molecule has 84 valence electrons. The van der Waals surface area contributed by atoms with Crippen LogP contribution in [0.1, 0.15) is 17.9 Å². The number of alkyl halides is 3. The van der Waals surface area contributed by atoms with Crippen LogP contribution in [0, 0.1) is 0 Å². The monoisotopic (exact) mass is 220 g/mol. The van der Waals surface area contributed by atoms with E-state index in [1.807, 2.05) is 0 Å². The number of hydrogen-bond donors (Lipinski definition) is 2. The number of aromatic hydroxyl groups is 1. The maximum absolute atomic E-state index is 12.6. The Hall–Kier alpha value is -1.23. The van der Waals surface area contributed by atoms with E-state index in [1.54, 1.807) is 0 Å². The number of phenolic OH excluding ortho intramolecular Hbond substituents is 1. The van der Waals surface area contributed by atoms with Crippen molar-refractivity contribution in [3.8, 4) is 5.75 Å². The predicted molar refractivity (Wildman–Crippen MR) is 48.6 cm³/mol. The lowest BCUT2D eigenvalue weighted by Gasteiger charge is -2.20. The van der Waals surface area contributed by atoms with Crippen LogP contribution in [0.2, 0.25) is 0 Å². The van der Waals surface area contributed by atoms with Gasteiger partial charge in [-0.1, -0.05) is 18.2 Å². The van der Waals surface area contributed by atoms with Gasteiger partial charge in [0, 0.05) is 12.2 Å². The number of halogens is 3. The summed E-state index contributed by atoms with van der Waals surface area (Å²) in [5.74, 6) is -2.21. The summed E-state index contributed by atoms with van der Waals surface area (Å²) in [6.07, 6.45) is -4.90. The molecule has 0 aliphatic carbocycles. The summed E-state index contributed by atoms with van der Waals surface area (Å²) >= 11 is 0. The molecule has 1 atom stereocenters. The Kier molecular flexibility index (Phi) is 3.57. The molecule has 1 aromatic rings. The molecule has 0 aliphatic rings. The van der Waals surface area contributed by atoms with Crippen molar-refractivity contribution in [2.75, 3.05) is 6.61 Å². The summed E-state index contributed by atoms with van der Waals surface area (Å²) in [6.45, 7) is -0.571. The van der Waals surface area contributed by atoms with E-state index in [1.165, 1.54) is 24.3 Å². The van der Waals surface area contributed by atoms with Crippen molar-refractivity contribution in [2.24, 2.45) is 0 Å². The summed E-state index contributed by atoms with van der Waals surface area (Å²) in [5, 5.41) is 17.9. The minimum atomic E-state index is -4.46. The van der Waals surface area contributed by atoms with Crippen molar-refractivity contribution in [2.45, 2.75) is 18.5 Å². The number of rotatable bonds is 3. The van der Waals surface area contributed by atoms with E-state index < -0.39 is 30.9 Å². The van der Waals surface area contributed by atoms with Crippen LogP contribution < -0.4 is 0 Å². The lowest BCUT2D eigenvalue weighted by molar-refractivity contribution is -0.153. The Morgan fingerprint density at radius 3 is 2.27 bits per heavy atom. The van der Waals surface area contributed by atoms with Gasteiger partial charge in [0.2, 0.25) is 0 Å². The molecule has 2 N–H and O–H groups in total. The van der Waals surface area contributed by atoms with Crippen LogP contribution >= 0.6 is 0 Å². The lowest BCUT2D eigenvalue weighted by Crippen LogP contribution is -2.22. The van der Waals surface area contributed by atoms with E-state index in [0.717, 1.165) is 0 Å². The zero-order valence-corrected chi connectivity index (χ0v) is 7.83. The maximum atomic E-state index is 12.6. The number of aliphatic hydroxyl groups is 1. The summed E-state index contributed by atoms with van der Waals surface area (Å²) < 4.78 is 37.7. The van der Waals surface area contributed by atoms with Gasteiger partial charge < -0.3 is 10.2 Å². The second-order valence-corrected chi connectivity index (χ2v) is 3.17. The lowest BCUT2D eigenvalue weighted by atomic mass is 9.94. The summed E-state index contributed by atoms with van der Waals surface area (Å²) in [7, 11) is 0. The summed E-state index contributed by atoms with van der Waals surface area (Å²) in [6, 6.07) is 5.28. The standard InChI is InChI=1S/C10H11F3O2/c11-10(12,13)8(5-6-14)7-3-1-2-4-9(7)15/h1-4,8,14-15H,5-6H2. The Labute approximate surface area is 85.0 Å². The largest absolute Gasteiger partial charge is 0.508 e. The van der Waals surface area contributed by atoms with Gasteiger partial charge >= 0.3 is 6.18 Å². The first-order valence-corrected chi connectivity index (χ1v) is 4.42. The molecule has 5 heteroatoms. The van der Waals surface area contributed by atoms with Gasteiger partial charge in [-0.3, -0.25) is 0 Å². The van der Waals surface area contributed by atoms with Gasteiger partial charge in [0.1, 0.15) is 5.75 Å². The van der Waals surface area contributed by atoms with Crippen LogP contribution in [0.3, 0.4) is 0 Å². The van der Waals surface area contributed by atoms with Crippen molar-refractivity contribution in [1.82, 2.24) is 0 Å². The number of phenols is 1. The van der Waals surface area contributed by atoms with Crippen LogP contribution in [-0.4, -0.2) is 23.0 Å². The molecule has 1 rings (SSSR count). The Morgan fingerprint density at radius 1 is 1.20 bits per heavy atom. The van der Waals surface area contributed by atoms with Gasteiger partial charge in [0.05, 0.1) is 5.92 Å². The highest BCUT2D eigenvalue weighted by Crippen LogP contribution is 2.40. The Balaban J connectivity index is 3.05.